The van der Waals surface area contributed by atoms with Crippen LogP contribution in [0.25, 0.3) is 0 Å². The van der Waals surface area contributed by atoms with Crippen LogP contribution in [0.1, 0.15) is 167 Å². The van der Waals surface area contributed by atoms with E-state index in [1.54, 1.807) is 0 Å². The van der Waals surface area contributed by atoms with Crippen molar-refractivity contribution in [2.75, 3.05) is 0 Å². The Labute approximate surface area is 307 Å². The van der Waals surface area contributed by atoms with Crippen molar-refractivity contribution in [3.05, 3.63) is 46.5 Å². The van der Waals surface area contributed by atoms with Gasteiger partial charge in [-0.2, -0.15) is 0 Å². The minimum absolute atomic E-state index is 0.628. The third kappa shape index (κ3) is 11.4. The van der Waals surface area contributed by atoms with Gasteiger partial charge in [0.25, 0.3) is 0 Å². The van der Waals surface area contributed by atoms with Crippen molar-refractivity contribution in [1.29, 1.82) is 0 Å². The molecule has 2 fully saturated rings. The van der Waals surface area contributed by atoms with Crippen molar-refractivity contribution in [2.45, 2.75) is 177 Å². The van der Waals surface area contributed by atoms with Gasteiger partial charge in [0, 0.05) is 19.6 Å². The fourth-order valence-corrected chi connectivity index (χ4v) is 10.6. The van der Waals surface area contributed by atoms with Crippen molar-refractivity contribution in [1.82, 2.24) is 0 Å². The van der Waals surface area contributed by atoms with Gasteiger partial charge in [-0.25, -0.2) is 0 Å². The lowest BCUT2D eigenvalue weighted by Crippen LogP contribution is -2.26. The zero-order valence-electron chi connectivity index (χ0n) is 30.6. The highest BCUT2D eigenvalue weighted by Crippen LogP contribution is 2.49. The van der Waals surface area contributed by atoms with Gasteiger partial charge in [0.2, 0.25) is 0 Å². The standard InChI is InChI=1S/2C21H34S2/c2*1-5-6-7-8-16-12-19(22)21(20(23)13-16)18-11-15(4)9-10-17(18)14(2)3/h2*12-15,17-18,22-23H,5-11H2,1-4H3/t15-,17+,18-;15-,17-,18+/m10/s1. The van der Waals surface area contributed by atoms with Gasteiger partial charge >= 0.3 is 0 Å². The van der Waals surface area contributed by atoms with E-state index in [9.17, 15) is 0 Å². The molecule has 0 radical (unpaired) electrons. The van der Waals surface area contributed by atoms with Crippen molar-refractivity contribution in [2.24, 2.45) is 35.5 Å². The molecule has 2 aliphatic rings. The van der Waals surface area contributed by atoms with Crippen molar-refractivity contribution in [3.63, 3.8) is 0 Å². The summed E-state index contributed by atoms with van der Waals surface area (Å²) in [7, 11) is 0. The first-order chi connectivity index (χ1) is 21.9. The number of hydrogen-bond acceptors (Lipinski definition) is 4. The van der Waals surface area contributed by atoms with Crippen LogP contribution < -0.4 is 0 Å². The highest BCUT2D eigenvalue weighted by Gasteiger charge is 2.35. The summed E-state index contributed by atoms with van der Waals surface area (Å²) in [4.78, 5) is 4.70. The molecule has 2 aliphatic carbocycles. The van der Waals surface area contributed by atoms with Crippen LogP contribution in [0, 0.1) is 35.5 Å². The van der Waals surface area contributed by atoms with Crippen LogP contribution >= 0.6 is 50.5 Å². The third-order valence-corrected chi connectivity index (χ3v) is 12.8. The number of hydrogen-bond donors (Lipinski definition) is 4. The Morgan fingerprint density at radius 2 is 0.870 bits per heavy atom. The third-order valence-electron chi connectivity index (χ3n) is 11.3. The number of aryl methyl sites for hydroxylation is 2. The van der Waals surface area contributed by atoms with Gasteiger partial charge in [-0.1, -0.05) is 93.9 Å². The SMILES string of the molecule is CCCCCc1cc(S)c([C@@H]2C[C@@H](C)CC[C@H]2C(C)C)c(S)c1.CCCCCc1cc(S)c([C@@H]2C[C@H](C)CC[C@H]2C(C)C)c(S)c1. The largest absolute Gasteiger partial charge is 0.143 e. The Morgan fingerprint density at radius 1 is 0.543 bits per heavy atom. The van der Waals surface area contributed by atoms with Crippen molar-refractivity contribution in [3.8, 4) is 0 Å². The quantitative estimate of drug-likeness (QED) is 0.123. The lowest BCUT2D eigenvalue weighted by atomic mass is 9.67. The second-order valence-corrected chi connectivity index (χ2v) is 17.8. The average Bonchev–Trinajstić information content (AvgIpc) is 2.97. The summed E-state index contributed by atoms with van der Waals surface area (Å²) in [6, 6.07) is 9.24. The number of unbranched alkanes of at least 4 members (excludes halogenated alkanes) is 4. The maximum atomic E-state index is 4.88. The van der Waals surface area contributed by atoms with E-state index in [4.69, 9.17) is 50.5 Å². The van der Waals surface area contributed by atoms with Crippen LogP contribution in [0.3, 0.4) is 0 Å². The van der Waals surface area contributed by atoms with Crippen LogP contribution in [-0.4, -0.2) is 0 Å². The van der Waals surface area contributed by atoms with E-state index in [0.717, 1.165) is 48.3 Å². The van der Waals surface area contributed by atoms with Crippen LogP contribution in [0.15, 0.2) is 43.8 Å². The molecule has 6 atom stereocenters. The van der Waals surface area contributed by atoms with Crippen LogP contribution in [0.5, 0.6) is 0 Å². The molecule has 0 N–H and O–H groups in total. The van der Waals surface area contributed by atoms with Crippen LogP contribution in [0.4, 0.5) is 0 Å². The number of benzene rings is 2. The van der Waals surface area contributed by atoms with Gasteiger partial charge in [0.05, 0.1) is 0 Å². The summed E-state index contributed by atoms with van der Waals surface area (Å²) in [6.07, 6.45) is 18.0. The summed E-state index contributed by atoms with van der Waals surface area (Å²) < 4.78 is 0. The van der Waals surface area contributed by atoms with Gasteiger partial charge in [-0.05, 0) is 145 Å². The summed E-state index contributed by atoms with van der Waals surface area (Å²) in [6.45, 7) is 18.8. The molecule has 0 unspecified atom stereocenters. The molecule has 260 valence electrons. The van der Waals surface area contributed by atoms with Gasteiger partial charge in [0.1, 0.15) is 0 Å². The maximum absolute atomic E-state index is 4.88. The van der Waals surface area contributed by atoms with Crippen molar-refractivity contribution >= 4 is 50.5 Å². The molecule has 4 heteroatoms. The Kier molecular flexibility index (Phi) is 17.4. The highest BCUT2D eigenvalue weighted by molar-refractivity contribution is 7.81. The van der Waals surface area contributed by atoms with E-state index < -0.39 is 0 Å². The summed E-state index contributed by atoms with van der Waals surface area (Å²) in [5.41, 5.74) is 5.65. The van der Waals surface area contributed by atoms with E-state index in [-0.39, 0.29) is 0 Å². The molecule has 0 nitrogen and oxygen atoms in total. The molecule has 2 saturated carbocycles. The van der Waals surface area contributed by atoms with E-state index >= 15 is 0 Å². The topological polar surface area (TPSA) is 0 Å². The van der Waals surface area contributed by atoms with Gasteiger partial charge < -0.3 is 0 Å². The zero-order valence-corrected chi connectivity index (χ0v) is 34.2. The molecule has 0 aliphatic heterocycles. The van der Waals surface area contributed by atoms with E-state index in [0.29, 0.717) is 11.8 Å². The molecule has 46 heavy (non-hydrogen) atoms. The molecular weight excluding hydrogens is 633 g/mol. The average molecular weight is 701 g/mol. The Morgan fingerprint density at radius 3 is 1.15 bits per heavy atom. The summed E-state index contributed by atoms with van der Waals surface area (Å²) in [5.74, 6) is 5.91. The van der Waals surface area contributed by atoms with E-state index in [1.165, 1.54) is 119 Å². The van der Waals surface area contributed by atoms with Gasteiger partial charge in [-0.3, -0.25) is 0 Å². The fourth-order valence-electron chi connectivity index (χ4n) is 8.63. The number of rotatable bonds is 12. The Bertz CT molecular complexity index is 1060. The molecule has 2 aromatic carbocycles. The second-order valence-electron chi connectivity index (χ2n) is 15.9. The lowest BCUT2D eigenvalue weighted by Gasteiger charge is -2.39. The minimum Gasteiger partial charge on any atom is -0.143 e. The molecule has 0 amide bonds. The maximum Gasteiger partial charge on any atom is 0.00888 e. The normalized spacial score (nSPS) is 25.1. The first-order valence-electron chi connectivity index (χ1n) is 19.0. The second kappa shape index (κ2) is 19.9. The fraction of sp³-hybridized carbons (Fsp3) is 0.714. The smallest absolute Gasteiger partial charge is 0.00888 e. The molecule has 2 aromatic rings. The van der Waals surface area contributed by atoms with Gasteiger partial charge in [-0.15, -0.1) is 50.5 Å². The van der Waals surface area contributed by atoms with Crippen LogP contribution in [0.2, 0.25) is 0 Å². The van der Waals surface area contributed by atoms with Crippen molar-refractivity contribution < 1.29 is 0 Å². The number of thiol groups is 4. The molecule has 0 saturated heterocycles. The monoisotopic (exact) mass is 700 g/mol. The summed E-state index contributed by atoms with van der Waals surface area (Å²) in [5, 5.41) is 0. The minimum atomic E-state index is 0.628. The molecular formula is C42H68S4. The lowest BCUT2D eigenvalue weighted by molar-refractivity contribution is 0.193. The summed E-state index contributed by atoms with van der Waals surface area (Å²) >= 11 is 19.5. The molecule has 0 spiro atoms. The molecule has 0 aromatic heterocycles. The molecule has 0 heterocycles. The van der Waals surface area contributed by atoms with E-state index in [1.807, 2.05) is 0 Å². The first-order valence-corrected chi connectivity index (χ1v) is 20.8. The first kappa shape index (κ1) is 40.3. The van der Waals surface area contributed by atoms with E-state index in [2.05, 4.69) is 79.7 Å². The highest BCUT2D eigenvalue weighted by atomic mass is 32.1. The Balaban J connectivity index is 0.000000250. The predicted octanol–water partition coefficient (Wildman–Crippen LogP) is 14.3. The molecule has 0 bridgehead atoms. The molecule has 4 rings (SSSR count). The Hall–Kier alpha value is -0.160. The zero-order chi connectivity index (χ0) is 34.0. The predicted molar refractivity (Wildman–Crippen MR) is 217 cm³/mol. The van der Waals surface area contributed by atoms with Crippen LogP contribution in [-0.2, 0) is 12.8 Å². The van der Waals surface area contributed by atoms with Gasteiger partial charge in [0.15, 0.2) is 0 Å².